The molecule has 73 valence electrons. The number of carboxylic acids is 1. The topological polar surface area (TPSA) is 97.5 Å². The van der Waals surface area contributed by atoms with Crippen LogP contribution in [0.5, 0.6) is 0 Å². The van der Waals surface area contributed by atoms with Crippen molar-refractivity contribution in [3.8, 4) is 0 Å². The molecule has 0 aromatic heterocycles. The van der Waals surface area contributed by atoms with Gasteiger partial charge in [-0.2, -0.15) is 0 Å². The van der Waals surface area contributed by atoms with Crippen LogP contribution in [-0.4, -0.2) is 29.2 Å². The van der Waals surface area contributed by atoms with Crippen molar-refractivity contribution in [1.29, 1.82) is 0 Å². The first kappa shape index (κ1) is 11.8. The number of rotatable bonds is 7. The molecular formula is C8H12NO4. The van der Waals surface area contributed by atoms with Crippen LogP contribution in [0.4, 0.5) is 0 Å². The summed E-state index contributed by atoms with van der Waals surface area (Å²) in [6.07, 6.45) is 2.28. The molecule has 1 atom stereocenters. The van der Waals surface area contributed by atoms with Crippen molar-refractivity contribution in [3.63, 3.8) is 0 Å². The van der Waals surface area contributed by atoms with Gasteiger partial charge in [-0.1, -0.05) is 0 Å². The summed E-state index contributed by atoms with van der Waals surface area (Å²) in [5, 5.41) is 8.36. The molecule has 0 aromatic rings. The number of Topliss-reactive ketones (excluding diaryl/α,β-unsaturated/α-hetero) is 1. The van der Waals surface area contributed by atoms with Crippen molar-refractivity contribution < 1.29 is 19.5 Å². The minimum Gasteiger partial charge on any atom is -0.480 e. The number of hydrogen-bond acceptors (Lipinski definition) is 4. The van der Waals surface area contributed by atoms with Gasteiger partial charge in [-0.3, -0.25) is 14.4 Å². The number of nitrogens with two attached hydrogens (primary N) is 1. The molecule has 0 heterocycles. The molecule has 0 aromatic carbocycles. The highest BCUT2D eigenvalue weighted by Gasteiger charge is 2.15. The van der Waals surface area contributed by atoms with Gasteiger partial charge < -0.3 is 10.8 Å². The number of ketones is 1. The summed E-state index contributed by atoms with van der Waals surface area (Å²) >= 11 is 0. The van der Waals surface area contributed by atoms with E-state index in [9.17, 15) is 14.4 Å². The Kier molecular flexibility index (Phi) is 5.71. The fraction of sp³-hybridized carbons (Fsp3) is 0.625. The number of carboxylic acid groups (broad SMARTS) is 1. The lowest BCUT2D eigenvalue weighted by Crippen LogP contribution is -2.32. The van der Waals surface area contributed by atoms with E-state index in [2.05, 4.69) is 0 Å². The minimum atomic E-state index is -1.18. The molecule has 0 saturated carbocycles. The Labute approximate surface area is 75.9 Å². The van der Waals surface area contributed by atoms with Crippen LogP contribution in [0.3, 0.4) is 0 Å². The molecule has 0 bridgehead atoms. The fourth-order valence-electron chi connectivity index (χ4n) is 0.792. The van der Waals surface area contributed by atoms with Crippen LogP contribution in [0.1, 0.15) is 25.7 Å². The van der Waals surface area contributed by atoms with Crippen LogP contribution in [-0.2, 0) is 14.4 Å². The van der Waals surface area contributed by atoms with E-state index >= 15 is 0 Å². The number of carbonyl (C=O) groups excluding carboxylic acids is 2. The Hall–Kier alpha value is -1.23. The highest BCUT2D eigenvalue weighted by molar-refractivity contribution is 5.85. The lowest BCUT2D eigenvalue weighted by molar-refractivity contribution is -0.140. The molecule has 0 spiro atoms. The average Bonchev–Trinajstić information content (AvgIpc) is 2.04. The first-order valence-electron chi connectivity index (χ1n) is 3.93. The van der Waals surface area contributed by atoms with Gasteiger partial charge in [-0.15, -0.1) is 0 Å². The average molecular weight is 186 g/mol. The fourth-order valence-corrected chi connectivity index (χ4v) is 0.792. The first-order chi connectivity index (χ1) is 6.07. The Bertz CT molecular complexity index is 202. The number of carbonyl (C=O) groups is 2. The quantitative estimate of drug-likeness (QED) is 0.529. The summed E-state index contributed by atoms with van der Waals surface area (Å²) in [7, 11) is 0. The summed E-state index contributed by atoms with van der Waals surface area (Å²) < 4.78 is 0. The van der Waals surface area contributed by atoms with E-state index in [1.807, 2.05) is 0 Å². The predicted molar refractivity (Wildman–Crippen MR) is 44.8 cm³/mol. The Morgan fingerprint density at radius 1 is 1.46 bits per heavy atom. The van der Waals surface area contributed by atoms with Gasteiger partial charge in [0.1, 0.15) is 11.8 Å². The monoisotopic (exact) mass is 186 g/mol. The maximum Gasteiger partial charge on any atom is 0.320 e. The van der Waals surface area contributed by atoms with Gasteiger partial charge in [0.2, 0.25) is 0 Å². The van der Waals surface area contributed by atoms with Gasteiger partial charge in [0, 0.05) is 19.3 Å². The first-order valence-corrected chi connectivity index (χ1v) is 3.93. The van der Waals surface area contributed by atoms with E-state index in [1.54, 1.807) is 6.29 Å². The molecule has 0 amide bonds. The van der Waals surface area contributed by atoms with Crippen molar-refractivity contribution >= 4 is 18.0 Å². The Morgan fingerprint density at radius 2 is 2.08 bits per heavy atom. The van der Waals surface area contributed by atoms with Gasteiger partial charge in [-0.05, 0) is 6.42 Å². The van der Waals surface area contributed by atoms with Gasteiger partial charge in [0.25, 0.3) is 0 Å². The van der Waals surface area contributed by atoms with Crippen molar-refractivity contribution in [2.45, 2.75) is 31.7 Å². The van der Waals surface area contributed by atoms with Crippen molar-refractivity contribution in [2.75, 3.05) is 0 Å². The zero-order chi connectivity index (χ0) is 10.3. The van der Waals surface area contributed by atoms with Gasteiger partial charge in [-0.25, -0.2) is 0 Å². The van der Waals surface area contributed by atoms with Crippen LogP contribution in [0.15, 0.2) is 0 Å². The molecule has 5 heteroatoms. The summed E-state index contributed by atoms with van der Waals surface area (Å²) in [6.45, 7) is 0. The number of hydrogen-bond donors (Lipinski definition) is 2. The second-order valence-corrected chi connectivity index (χ2v) is 2.69. The zero-order valence-electron chi connectivity index (χ0n) is 7.16. The molecule has 0 unspecified atom stereocenters. The molecular weight excluding hydrogens is 174 g/mol. The molecule has 5 nitrogen and oxygen atoms in total. The highest BCUT2D eigenvalue weighted by Crippen LogP contribution is 1.99. The summed E-state index contributed by atoms with van der Waals surface area (Å²) in [4.78, 5) is 30.9. The van der Waals surface area contributed by atoms with Gasteiger partial charge in [0.05, 0.1) is 0 Å². The third-order valence-corrected chi connectivity index (χ3v) is 1.50. The lowest BCUT2D eigenvalue weighted by atomic mass is 10.1. The highest BCUT2D eigenvalue weighted by atomic mass is 16.4. The molecule has 3 N–H and O–H groups in total. The van der Waals surface area contributed by atoms with Crippen LogP contribution in [0.25, 0.3) is 0 Å². The van der Waals surface area contributed by atoms with E-state index in [0.29, 0.717) is 6.42 Å². The summed E-state index contributed by atoms with van der Waals surface area (Å²) in [6, 6.07) is -1.13. The summed E-state index contributed by atoms with van der Waals surface area (Å²) in [5.41, 5.74) is 5.12. The molecule has 0 fully saturated rings. The minimum absolute atomic E-state index is 0.172. The molecule has 13 heavy (non-hydrogen) atoms. The van der Waals surface area contributed by atoms with Crippen molar-refractivity contribution in [3.05, 3.63) is 0 Å². The Morgan fingerprint density at radius 3 is 2.54 bits per heavy atom. The normalized spacial score (nSPS) is 12.1. The molecule has 0 saturated heterocycles. The standard InChI is InChI=1S/C8H12NO4/c9-7(8(12)13)5-6(11)3-1-2-4-10/h7H,1-3,5,9H2,(H,12,13)/t7-/m0/s1. The van der Waals surface area contributed by atoms with Gasteiger partial charge >= 0.3 is 5.97 Å². The Balaban J connectivity index is 3.61. The predicted octanol–water partition coefficient (Wildman–Crippen LogP) is -0.363. The van der Waals surface area contributed by atoms with Crippen LogP contribution in [0, 0.1) is 0 Å². The molecule has 0 aliphatic carbocycles. The van der Waals surface area contributed by atoms with E-state index in [4.69, 9.17) is 10.8 Å². The van der Waals surface area contributed by atoms with Crippen molar-refractivity contribution in [2.24, 2.45) is 5.73 Å². The third kappa shape index (κ3) is 5.98. The number of aliphatic carboxylic acids is 1. The molecule has 0 aliphatic rings. The number of unbranched alkanes of at least 4 members (excludes halogenated alkanes) is 1. The molecule has 1 radical (unpaired) electrons. The van der Waals surface area contributed by atoms with Crippen LogP contribution < -0.4 is 5.73 Å². The lowest BCUT2D eigenvalue weighted by Gasteiger charge is -2.03. The SMILES string of the molecule is N[C@@H](CC(=O)CCC[C]=O)C(=O)O. The smallest absolute Gasteiger partial charge is 0.320 e. The van der Waals surface area contributed by atoms with E-state index in [1.165, 1.54) is 0 Å². The zero-order valence-corrected chi connectivity index (χ0v) is 7.16. The summed E-state index contributed by atoms with van der Waals surface area (Å²) in [5.74, 6) is -1.42. The van der Waals surface area contributed by atoms with E-state index in [0.717, 1.165) is 0 Å². The largest absolute Gasteiger partial charge is 0.480 e. The maximum absolute atomic E-state index is 11.0. The van der Waals surface area contributed by atoms with Gasteiger partial charge in [0.15, 0.2) is 6.29 Å². The van der Waals surface area contributed by atoms with E-state index in [-0.39, 0.29) is 25.0 Å². The van der Waals surface area contributed by atoms with E-state index < -0.39 is 12.0 Å². The van der Waals surface area contributed by atoms with Crippen LogP contribution in [0.2, 0.25) is 0 Å². The second kappa shape index (κ2) is 6.30. The van der Waals surface area contributed by atoms with Crippen molar-refractivity contribution in [1.82, 2.24) is 0 Å². The third-order valence-electron chi connectivity index (χ3n) is 1.50. The molecule has 0 aliphatic heterocycles. The molecule has 0 rings (SSSR count). The maximum atomic E-state index is 11.0. The second-order valence-electron chi connectivity index (χ2n) is 2.69. The van der Waals surface area contributed by atoms with Crippen LogP contribution >= 0.6 is 0 Å².